The molecule has 1 aliphatic rings. The monoisotopic (exact) mass is 246 g/mol. The Morgan fingerprint density at radius 1 is 1.44 bits per heavy atom. The van der Waals surface area contributed by atoms with Gasteiger partial charge in [0.1, 0.15) is 0 Å². The molecule has 1 aromatic carbocycles. The molecule has 0 aromatic heterocycles. The van der Waals surface area contributed by atoms with Crippen molar-refractivity contribution in [3.8, 4) is 0 Å². The first-order chi connectivity index (χ1) is 8.70. The number of rotatable bonds is 6. The van der Waals surface area contributed by atoms with Gasteiger partial charge < -0.3 is 10.6 Å². The highest BCUT2D eigenvalue weighted by atomic mass is 16.2. The summed E-state index contributed by atoms with van der Waals surface area (Å²) in [6, 6.07) is 8.67. The van der Waals surface area contributed by atoms with Crippen LogP contribution in [-0.2, 0) is 11.2 Å². The molecule has 0 bridgehead atoms. The molecule has 0 unspecified atom stereocenters. The third-order valence-electron chi connectivity index (χ3n) is 3.35. The van der Waals surface area contributed by atoms with Crippen LogP contribution in [0.5, 0.6) is 0 Å². The highest BCUT2D eigenvalue weighted by Crippen LogP contribution is 2.27. The van der Waals surface area contributed by atoms with E-state index in [4.69, 9.17) is 5.73 Å². The fourth-order valence-corrected chi connectivity index (χ4v) is 2.26. The van der Waals surface area contributed by atoms with Crippen LogP contribution in [-0.4, -0.2) is 29.9 Å². The maximum Gasteiger partial charge on any atom is 0.227 e. The Kier molecular flexibility index (Phi) is 4.37. The standard InChI is InChI=1S/C15H22N2O/c1-12-4-2-5-13(10-12)11-15(18)17(9-3-8-16)14-6-7-14/h2,4-5,10,14H,3,6-9,11,16H2,1H3. The average Bonchev–Trinajstić information content (AvgIpc) is 3.14. The lowest BCUT2D eigenvalue weighted by atomic mass is 10.1. The summed E-state index contributed by atoms with van der Waals surface area (Å²) in [6.07, 6.45) is 3.73. The van der Waals surface area contributed by atoms with E-state index in [2.05, 4.69) is 19.1 Å². The van der Waals surface area contributed by atoms with Crippen LogP contribution < -0.4 is 5.73 Å². The van der Waals surface area contributed by atoms with Crippen molar-refractivity contribution >= 4 is 5.91 Å². The number of hydrogen-bond donors (Lipinski definition) is 1. The summed E-state index contributed by atoms with van der Waals surface area (Å²) in [5, 5.41) is 0. The second-order valence-corrected chi connectivity index (χ2v) is 5.13. The van der Waals surface area contributed by atoms with Crippen molar-refractivity contribution < 1.29 is 4.79 Å². The SMILES string of the molecule is Cc1cccc(CC(=O)N(CCCN)C2CC2)c1. The smallest absolute Gasteiger partial charge is 0.227 e. The predicted molar refractivity (Wildman–Crippen MR) is 73.3 cm³/mol. The normalized spacial score (nSPS) is 14.6. The fourth-order valence-electron chi connectivity index (χ4n) is 2.26. The molecular weight excluding hydrogens is 224 g/mol. The average molecular weight is 246 g/mol. The van der Waals surface area contributed by atoms with Crippen molar-refractivity contribution in [2.75, 3.05) is 13.1 Å². The molecule has 0 heterocycles. The van der Waals surface area contributed by atoms with E-state index in [1.165, 1.54) is 5.56 Å². The van der Waals surface area contributed by atoms with Crippen LogP contribution in [0, 0.1) is 6.92 Å². The van der Waals surface area contributed by atoms with E-state index < -0.39 is 0 Å². The first-order valence-corrected chi connectivity index (χ1v) is 6.76. The van der Waals surface area contributed by atoms with E-state index in [1.54, 1.807) is 0 Å². The van der Waals surface area contributed by atoms with E-state index in [0.29, 0.717) is 19.0 Å². The number of benzene rings is 1. The largest absolute Gasteiger partial charge is 0.339 e. The van der Waals surface area contributed by atoms with Crippen molar-refractivity contribution in [1.29, 1.82) is 0 Å². The van der Waals surface area contributed by atoms with Crippen LogP contribution in [0.1, 0.15) is 30.4 Å². The Morgan fingerprint density at radius 2 is 2.22 bits per heavy atom. The van der Waals surface area contributed by atoms with Crippen molar-refractivity contribution in [3.05, 3.63) is 35.4 Å². The Labute approximate surface area is 109 Å². The number of amides is 1. The van der Waals surface area contributed by atoms with Gasteiger partial charge in [0.05, 0.1) is 6.42 Å². The quantitative estimate of drug-likeness (QED) is 0.833. The Hall–Kier alpha value is -1.35. The number of hydrogen-bond acceptors (Lipinski definition) is 2. The lowest BCUT2D eigenvalue weighted by Crippen LogP contribution is -2.36. The van der Waals surface area contributed by atoms with Gasteiger partial charge in [0.2, 0.25) is 5.91 Å². The lowest BCUT2D eigenvalue weighted by molar-refractivity contribution is -0.131. The minimum absolute atomic E-state index is 0.247. The molecule has 1 fully saturated rings. The number of carbonyl (C=O) groups excluding carboxylic acids is 1. The first kappa shape index (κ1) is 13.1. The van der Waals surface area contributed by atoms with Gasteiger partial charge in [0, 0.05) is 12.6 Å². The molecule has 0 radical (unpaired) electrons. The summed E-state index contributed by atoms with van der Waals surface area (Å²) in [7, 11) is 0. The van der Waals surface area contributed by atoms with E-state index in [0.717, 1.165) is 31.4 Å². The van der Waals surface area contributed by atoms with Crippen LogP contribution in [0.15, 0.2) is 24.3 Å². The van der Waals surface area contributed by atoms with Crippen LogP contribution >= 0.6 is 0 Å². The Morgan fingerprint density at radius 3 is 2.83 bits per heavy atom. The van der Waals surface area contributed by atoms with Gasteiger partial charge in [-0.05, 0) is 38.3 Å². The Balaban J connectivity index is 1.96. The van der Waals surface area contributed by atoms with Gasteiger partial charge in [-0.25, -0.2) is 0 Å². The molecule has 0 saturated heterocycles. The highest BCUT2D eigenvalue weighted by Gasteiger charge is 2.31. The predicted octanol–water partition coefficient (Wildman–Crippen LogP) is 1.88. The molecule has 3 heteroatoms. The summed E-state index contributed by atoms with van der Waals surface area (Å²) in [5.41, 5.74) is 7.85. The van der Waals surface area contributed by atoms with Gasteiger partial charge >= 0.3 is 0 Å². The maximum absolute atomic E-state index is 12.3. The first-order valence-electron chi connectivity index (χ1n) is 6.76. The zero-order valence-corrected chi connectivity index (χ0v) is 11.1. The molecule has 1 aromatic rings. The second-order valence-electron chi connectivity index (χ2n) is 5.13. The molecule has 3 nitrogen and oxygen atoms in total. The van der Waals surface area contributed by atoms with Crippen LogP contribution in [0.2, 0.25) is 0 Å². The lowest BCUT2D eigenvalue weighted by Gasteiger charge is -2.22. The molecule has 18 heavy (non-hydrogen) atoms. The molecule has 1 saturated carbocycles. The second kappa shape index (κ2) is 6.01. The van der Waals surface area contributed by atoms with Crippen molar-refractivity contribution in [1.82, 2.24) is 4.90 Å². The van der Waals surface area contributed by atoms with Gasteiger partial charge in [-0.1, -0.05) is 29.8 Å². The third-order valence-corrected chi connectivity index (χ3v) is 3.35. The van der Waals surface area contributed by atoms with Gasteiger partial charge in [-0.15, -0.1) is 0 Å². The van der Waals surface area contributed by atoms with Crippen LogP contribution in [0.4, 0.5) is 0 Å². The molecule has 98 valence electrons. The van der Waals surface area contributed by atoms with E-state index in [9.17, 15) is 4.79 Å². The van der Waals surface area contributed by atoms with E-state index in [-0.39, 0.29) is 5.91 Å². The molecular formula is C15H22N2O. The summed E-state index contributed by atoms with van der Waals surface area (Å²) >= 11 is 0. The number of nitrogens with two attached hydrogens (primary N) is 1. The minimum atomic E-state index is 0.247. The summed E-state index contributed by atoms with van der Waals surface area (Å²) in [4.78, 5) is 14.3. The summed E-state index contributed by atoms with van der Waals surface area (Å²) in [6.45, 7) is 3.52. The number of aryl methyl sites for hydroxylation is 1. The van der Waals surface area contributed by atoms with Gasteiger partial charge in [-0.2, -0.15) is 0 Å². The molecule has 1 amide bonds. The van der Waals surface area contributed by atoms with Crippen molar-refractivity contribution in [3.63, 3.8) is 0 Å². The molecule has 0 atom stereocenters. The fraction of sp³-hybridized carbons (Fsp3) is 0.533. The zero-order valence-electron chi connectivity index (χ0n) is 11.1. The van der Waals surface area contributed by atoms with Gasteiger partial charge in [0.15, 0.2) is 0 Å². The zero-order chi connectivity index (χ0) is 13.0. The number of nitrogens with zero attached hydrogens (tertiary/aromatic N) is 1. The van der Waals surface area contributed by atoms with Gasteiger partial charge in [0.25, 0.3) is 0 Å². The highest BCUT2D eigenvalue weighted by molar-refractivity contribution is 5.79. The maximum atomic E-state index is 12.3. The molecule has 2 rings (SSSR count). The molecule has 1 aliphatic carbocycles. The van der Waals surface area contributed by atoms with E-state index >= 15 is 0 Å². The summed E-state index contributed by atoms with van der Waals surface area (Å²) < 4.78 is 0. The minimum Gasteiger partial charge on any atom is -0.339 e. The Bertz CT molecular complexity index is 413. The number of carbonyl (C=O) groups is 1. The van der Waals surface area contributed by atoms with Crippen molar-refractivity contribution in [2.45, 2.75) is 38.6 Å². The topological polar surface area (TPSA) is 46.3 Å². The van der Waals surface area contributed by atoms with E-state index in [1.807, 2.05) is 17.0 Å². The third kappa shape index (κ3) is 3.57. The van der Waals surface area contributed by atoms with Crippen LogP contribution in [0.3, 0.4) is 0 Å². The van der Waals surface area contributed by atoms with Crippen molar-refractivity contribution in [2.24, 2.45) is 5.73 Å². The molecule has 0 spiro atoms. The summed E-state index contributed by atoms with van der Waals surface area (Å²) in [5.74, 6) is 0.247. The molecule has 2 N–H and O–H groups in total. The van der Waals surface area contributed by atoms with Gasteiger partial charge in [-0.3, -0.25) is 4.79 Å². The van der Waals surface area contributed by atoms with Crippen LogP contribution in [0.25, 0.3) is 0 Å². The molecule has 0 aliphatic heterocycles.